The summed E-state index contributed by atoms with van der Waals surface area (Å²) in [6.07, 6.45) is 2.27. The van der Waals surface area contributed by atoms with Gasteiger partial charge in [-0.15, -0.1) is 0 Å². The fraction of sp³-hybridized carbons (Fsp3) is 0.941. The van der Waals surface area contributed by atoms with Crippen molar-refractivity contribution in [3.63, 3.8) is 0 Å². The molecule has 1 atom stereocenters. The predicted octanol–water partition coefficient (Wildman–Crippen LogP) is 1.84. The number of rotatable bonds is 2. The summed E-state index contributed by atoms with van der Waals surface area (Å²) in [5.74, 6) is 0.740. The number of urea groups is 1. The van der Waals surface area contributed by atoms with Crippen molar-refractivity contribution in [2.75, 3.05) is 46.3 Å². The van der Waals surface area contributed by atoms with Crippen LogP contribution < -0.4 is 5.32 Å². The van der Waals surface area contributed by atoms with Crippen LogP contribution in [0.1, 0.15) is 40.5 Å². The van der Waals surface area contributed by atoms with Crippen molar-refractivity contribution in [1.82, 2.24) is 20.0 Å². The summed E-state index contributed by atoms with van der Waals surface area (Å²) >= 11 is 0. The summed E-state index contributed by atoms with van der Waals surface area (Å²) in [5, 5.41) is 3.07. The number of nitrogens with one attached hydrogen (secondary N) is 1. The molecule has 5 nitrogen and oxygen atoms in total. The van der Waals surface area contributed by atoms with Crippen LogP contribution in [0, 0.1) is 5.92 Å². The lowest BCUT2D eigenvalue weighted by Gasteiger charge is -2.41. The van der Waals surface area contributed by atoms with Crippen LogP contribution >= 0.6 is 0 Å². The highest BCUT2D eigenvalue weighted by Gasteiger charge is 2.28. The zero-order chi connectivity index (χ0) is 16.3. The molecule has 0 bridgehead atoms. The first kappa shape index (κ1) is 17.5. The normalized spacial score (nSPS) is 26.2. The van der Waals surface area contributed by atoms with Crippen molar-refractivity contribution in [2.45, 2.75) is 52.1 Å². The van der Waals surface area contributed by atoms with Gasteiger partial charge in [-0.25, -0.2) is 4.79 Å². The molecule has 0 radical (unpaired) electrons. The first-order valence-corrected chi connectivity index (χ1v) is 8.74. The number of carbonyl (C=O) groups excluding carboxylic acids is 1. The van der Waals surface area contributed by atoms with E-state index in [1.165, 1.54) is 26.2 Å². The third-order valence-electron chi connectivity index (χ3n) is 4.84. The Hall–Kier alpha value is -0.810. The minimum absolute atomic E-state index is 0.0962. The van der Waals surface area contributed by atoms with Gasteiger partial charge in [0, 0.05) is 50.8 Å². The van der Waals surface area contributed by atoms with Crippen molar-refractivity contribution in [3.8, 4) is 0 Å². The van der Waals surface area contributed by atoms with E-state index in [0.717, 1.165) is 31.8 Å². The van der Waals surface area contributed by atoms with E-state index >= 15 is 0 Å². The maximum absolute atomic E-state index is 12.2. The van der Waals surface area contributed by atoms with E-state index in [9.17, 15) is 4.79 Å². The lowest BCUT2D eigenvalue weighted by atomic mass is 9.95. The maximum atomic E-state index is 12.2. The first-order valence-electron chi connectivity index (χ1n) is 8.74. The molecular formula is C17H34N4O. The van der Waals surface area contributed by atoms with E-state index in [2.05, 4.69) is 29.1 Å². The van der Waals surface area contributed by atoms with Crippen LogP contribution in [0.3, 0.4) is 0 Å². The highest BCUT2D eigenvalue weighted by molar-refractivity contribution is 5.75. The van der Waals surface area contributed by atoms with Gasteiger partial charge in [0.25, 0.3) is 0 Å². The Morgan fingerprint density at radius 1 is 1.14 bits per heavy atom. The minimum Gasteiger partial charge on any atom is -0.333 e. The van der Waals surface area contributed by atoms with Crippen LogP contribution in [-0.4, -0.2) is 78.6 Å². The average Bonchev–Trinajstić information content (AvgIpc) is 2.41. The molecule has 22 heavy (non-hydrogen) atoms. The standard InChI is InChI=1S/C17H34N4O/c1-14-12-19(5)10-11-21(14)13-15-6-8-20(9-7-15)16(22)18-17(2,3)4/h14-15H,6-13H2,1-5H3,(H,18,22)/t14-/m0/s1. The Bertz CT molecular complexity index is 371. The molecule has 2 saturated heterocycles. The Labute approximate surface area is 136 Å². The average molecular weight is 310 g/mol. The topological polar surface area (TPSA) is 38.8 Å². The van der Waals surface area contributed by atoms with Crippen molar-refractivity contribution in [3.05, 3.63) is 0 Å². The van der Waals surface area contributed by atoms with Gasteiger partial charge in [0.05, 0.1) is 0 Å². The van der Waals surface area contributed by atoms with Gasteiger partial charge in [-0.3, -0.25) is 4.90 Å². The number of likely N-dealkylation sites (N-methyl/N-ethyl adjacent to an activating group) is 1. The van der Waals surface area contributed by atoms with E-state index < -0.39 is 0 Å². The van der Waals surface area contributed by atoms with Gasteiger partial charge in [0.15, 0.2) is 0 Å². The second-order valence-electron chi connectivity index (χ2n) is 8.22. The number of nitrogens with zero attached hydrogens (tertiary/aromatic N) is 3. The molecule has 2 heterocycles. The zero-order valence-electron chi connectivity index (χ0n) is 15.1. The molecule has 0 saturated carbocycles. The van der Waals surface area contributed by atoms with E-state index in [-0.39, 0.29) is 11.6 Å². The predicted molar refractivity (Wildman–Crippen MR) is 91.1 cm³/mol. The molecule has 2 aliphatic rings. The lowest BCUT2D eigenvalue weighted by Crippen LogP contribution is -2.54. The van der Waals surface area contributed by atoms with Crippen molar-refractivity contribution < 1.29 is 4.79 Å². The smallest absolute Gasteiger partial charge is 0.317 e. The summed E-state index contributed by atoms with van der Waals surface area (Å²) in [7, 11) is 2.21. The molecule has 2 aliphatic heterocycles. The molecular weight excluding hydrogens is 276 g/mol. The molecule has 0 aromatic heterocycles. The Morgan fingerprint density at radius 2 is 1.77 bits per heavy atom. The van der Waals surface area contributed by atoms with Gasteiger partial charge in [0.1, 0.15) is 0 Å². The molecule has 0 unspecified atom stereocenters. The maximum Gasteiger partial charge on any atom is 0.317 e. The van der Waals surface area contributed by atoms with E-state index in [0.29, 0.717) is 6.04 Å². The number of likely N-dealkylation sites (tertiary alicyclic amines) is 1. The van der Waals surface area contributed by atoms with Gasteiger partial charge in [0.2, 0.25) is 0 Å². The van der Waals surface area contributed by atoms with Gasteiger partial charge < -0.3 is 15.1 Å². The van der Waals surface area contributed by atoms with Crippen molar-refractivity contribution in [2.24, 2.45) is 5.92 Å². The van der Waals surface area contributed by atoms with Gasteiger partial charge in [-0.05, 0) is 53.5 Å². The molecule has 1 N–H and O–H groups in total. The molecule has 0 aromatic rings. The molecule has 128 valence electrons. The first-order chi connectivity index (χ1) is 10.2. The number of piperazine rings is 1. The second-order valence-corrected chi connectivity index (χ2v) is 8.22. The van der Waals surface area contributed by atoms with Crippen LogP contribution in [-0.2, 0) is 0 Å². The summed E-state index contributed by atoms with van der Waals surface area (Å²) < 4.78 is 0. The van der Waals surface area contributed by atoms with Crippen LogP contribution in [0.25, 0.3) is 0 Å². The molecule has 0 aliphatic carbocycles. The SMILES string of the molecule is C[C@H]1CN(C)CCN1CC1CCN(C(=O)NC(C)(C)C)CC1. The summed E-state index contributed by atoms with van der Waals surface area (Å²) in [6, 6.07) is 0.750. The van der Waals surface area contributed by atoms with Crippen LogP contribution in [0.2, 0.25) is 0 Å². The number of carbonyl (C=O) groups is 1. The van der Waals surface area contributed by atoms with E-state index in [4.69, 9.17) is 0 Å². The number of piperidine rings is 1. The Kier molecular flexibility index (Phi) is 5.72. The van der Waals surface area contributed by atoms with Crippen molar-refractivity contribution >= 4 is 6.03 Å². The molecule has 0 aromatic carbocycles. The summed E-state index contributed by atoms with van der Waals surface area (Å²) in [4.78, 5) is 19.2. The second kappa shape index (κ2) is 7.18. The summed E-state index contributed by atoms with van der Waals surface area (Å²) in [6.45, 7) is 15.0. The zero-order valence-corrected chi connectivity index (χ0v) is 15.1. The summed E-state index contributed by atoms with van der Waals surface area (Å²) in [5.41, 5.74) is -0.150. The Morgan fingerprint density at radius 3 is 2.32 bits per heavy atom. The lowest BCUT2D eigenvalue weighted by molar-refractivity contribution is 0.0708. The fourth-order valence-corrected chi connectivity index (χ4v) is 3.50. The largest absolute Gasteiger partial charge is 0.333 e. The van der Waals surface area contributed by atoms with Crippen LogP contribution in [0.4, 0.5) is 4.79 Å². The van der Waals surface area contributed by atoms with Gasteiger partial charge >= 0.3 is 6.03 Å². The highest BCUT2D eigenvalue weighted by Crippen LogP contribution is 2.21. The molecule has 2 rings (SSSR count). The van der Waals surface area contributed by atoms with E-state index in [1.807, 2.05) is 25.7 Å². The third-order valence-corrected chi connectivity index (χ3v) is 4.84. The Balaban J connectivity index is 1.74. The number of hydrogen-bond acceptors (Lipinski definition) is 3. The highest BCUT2D eigenvalue weighted by atomic mass is 16.2. The van der Waals surface area contributed by atoms with E-state index in [1.54, 1.807) is 0 Å². The minimum atomic E-state index is -0.150. The molecule has 5 heteroatoms. The molecule has 2 amide bonds. The van der Waals surface area contributed by atoms with Crippen LogP contribution in [0.15, 0.2) is 0 Å². The molecule has 2 fully saturated rings. The monoisotopic (exact) mass is 310 g/mol. The molecule has 0 spiro atoms. The quantitative estimate of drug-likeness (QED) is 0.846. The van der Waals surface area contributed by atoms with Crippen LogP contribution in [0.5, 0.6) is 0 Å². The number of hydrogen-bond donors (Lipinski definition) is 1. The van der Waals surface area contributed by atoms with Gasteiger partial charge in [-0.1, -0.05) is 0 Å². The fourth-order valence-electron chi connectivity index (χ4n) is 3.50. The number of amides is 2. The van der Waals surface area contributed by atoms with Gasteiger partial charge in [-0.2, -0.15) is 0 Å². The van der Waals surface area contributed by atoms with Crippen molar-refractivity contribution in [1.29, 1.82) is 0 Å². The third kappa shape index (κ3) is 5.13.